The minimum atomic E-state index is -3.83. The molecule has 1 amide bonds. The van der Waals surface area contributed by atoms with Gasteiger partial charge in [-0.2, -0.15) is 20.9 Å². The number of thioether (sulfide) groups is 1. The lowest BCUT2D eigenvalue weighted by Gasteiger charge is -2.08. The number of sulfonamides is 1. The van der Waals surface area contributed by atoms with Crippen LogP contribution in [-0.2, 0) is 52.4 Å². The molecule has 0 unspecified atom stereocenters. The van der Waals surface area contributed by atoms with Gasteiger partial charge in [0.15, 0.2) is 19.7 Å². The van der Waals surface area contributed by atoms with E-state index in [1.165, 1.54) is 54.6 Å². The molecule has 92 heavy (non-hydrogen) atoms. The van der Waals surface area contributed by atoms with Crippen molar-refractivity contribution in [1.29, 1.82) is 0 Å². The third-order valence-electron chi connectivity index (χ3n) is 12.6. The van der Waals surface area contributed by atoms with Gasteiger partial charge in [-0.3, -0.25) is 9.52 Å². The third kappa shape index (κ3) is 18.3. The molecule has 0 aliphatic heterocycles. The fourth-order valence-electron chi connectivity index (χ4n) is 8.21. The summed E-state index contributed by atoms with van der Waals surface area (Å²) in [6, 6.07) is 51.1. The standard InChI is InChI=1S/C15H13ClN4O2S2.C15H11FN4O4S.C15H13N5O.C13H10IN5O2S/c1-23-11-4-2-10(3-5-11)9-24(21,22)12-6-7-14(16)13(8-12)15-17-19-20-18-15;16-13-5-4-11(7-12(13)14-17-19-20-18-14)25(23,24)8-9-2-1-3-10(6-9)15(21)22;21-14(16-13-4-2-1-3-5-13)10-11-6-8-12(9-7-11)15-17-19-20-18-15;14-10-2-1-3-11(8-10)17-22(20,21)12-6-4-9(5-7-12)13-15-18-19-16-13/h2-8H,9H2,1H3,(H,17,18,19,20);1-7H,8H2,(H,21,22)(H,17,18,19,20);1-9H,10H2,(H,16,21)(H,17,18,19,20);1-8,17H,(H,15,16,18,19). The zero-order valence-corrected chi connectivity index (χ0v) is 53.5. The Morgan fingerprint density at radius 3 is 1.59 bits per heavy atom. The number of carboxylic acids is 1. The fourth-order valence-corrected chi connectivity index (χ4v) is 13.1. The van der Waals surface area contributed by atoms with Gasteiger partial charge in [-0.05, 0) is 182 Å². The van der Waals surface area contributed by atoms with Gasteiger partial charge in [0.1, 0.15) is 5.82 Å². The number of carboxylic acid groups (broad SMARTS) is 1. The quantitative estimate of drug-likeness (QED) is 0.0239. The number of anilines is 2. The predicted octanol–water partition coefficient (Wildman–Crippen LogP) is 9.21. The van der Waals surface area contributed by atoms with Gasteiger partial charge in [0, 0.05) is 36.5 Å². The second kappa shape index (κ2) is 30.6. The highest BCUT2D eigenvalue weighted by Crippen LogP contribution is 2.30. The molecule has 34 heteroatoms. The van der Waals surface area contributed by atoms with Crippen molar-refractivity contribution in [2.75, 3.05) is 16.3 Å². The SMILES string of the molecule is CSc1ccc(CS(=O)(=O)c2ccc(Cl)c(-c3nn[nH]n3)c2)cc1.O=C(Cc1ccc(-c2nn[nH]n2)cc1)Nc1ccccc1.O=C(O)c1cccc(CS(=O)(=O)c2ccc(F)c(-c3nn[nH]n3)c2)c1.O=S(=O)(Nc1cccc(I)c1)c1ccc(-c2nn[nH]n2)cc1. The van der Waals surface area contributed by atoms with Gasteiger partial charge < -0.3 is 10.4 Å². The number of aromatic amines is 4. The van der Waals surface area contributed by atoms with E-state index in [2.05, 4.69) is 115 Å². The first-order valence-electron chi connectivity index (χ1n) is 26.5. The monoisotopic (exact) mass is 1450 g/mol. The zero-order chi connectivity index (χ0) is 65.3. The smallest absolute Gasteiger partial charge is 0.335 e. The van der Waals surface area contributed by atoms with Crippen molar-refractivity contribution < 1.29 is 44.3 Å². The van der Waals surface area contributed by atoms with Crippen molar-refractivity contribution in [3.8, 4) is 45.6 Å². The number of nitrogens with one attached hydrogen (secondary N) is 6. The van der Waals surface area contributed by atoms with Gasteiger partial charge in [-0.1, -0.05) is 84.4 Å². The lowest BCUT2D eigenvalue weighted by atomic mass is 10.1. The van der Waals surface area contributed by atoms with Crippen LogP contribution in [0, 0.1) is 9.39 Å². The number of benzene rings is 8. The van der Waals surface area contributed by atoms with Crippen LogP contribution in [0.25, 0.3) is 45.6 Å². The van der Waals surface area contributed by atoms with Crippen LogP contribution in [0.1, 0.15) is 27.0 Å². The maximum Gasteiger partial charge on any atom is 0.335 e. The summed E-state index contributed by atoms with van der Waals surface area (Å²) < 4.78 is 92.6. The molecular formula is C58H47ClFIN18O9S4. The van der Waals surface area contributed by atoms with E-state index in [0.717, 1.165) is 49.0 Å². The third-order valence-corrected chi connectivity index (χ3v) is 19.1. The van der Waals surface area contributed by atoms with Gasteiger partial charge >= 0.3 is 5.97 Å². The average Bonchev–Trinajstić information content (AvgIpc) is 1.19. The van der Waals surface area contributed by atoms with Gasteiger partial charge in [0.2, 0.25) is 29.2 Å². The predicted molar refractivity (Wildman–Crippen MR) is 346 cm³/mol. The summed E-state index contributed by atoms with van der Waals surface area (Å²) in [4.78, 5) is 24.2. The number of aromatic nitrogens is 16. The highest BCUT2D eigenvalue weighted by atomic mass is 127. The second-order valence-electron chi connectivity index (χ2n) is 19.0. The topological polar surface area (TPSA) is 399 Å². The Hall–Kier alpha value is -10.1. The van der Waals surface area contributed by atoms with Crippen molar-refractivity contribution in [2.24, 2.45) is 0 Å². The fraction of sp³-hybridized carbons (Fsp3) is 0.0690. The Morgan fingerprint density at radius 1 is 0.533 bits per heavy atom. The molecule has 8 aromatic carbocycles. The number of tetrazole rings is 4. The van der Waals surface area contributed by atoms with Gasteiger partial charge in [-0.25, -0.2) is 34.4 Å². The summed E-state index contributed by atoms with van der Waals surface area (Å²) in [7, 11) is -11.0. The number of hydrogen-bond acceptors (Lipinski definition) is 21. The van der Waals surface area contributed by atoms with Crippen LogP contribution in [0.3, 0.4) is 0 Å². The molecule has 7 N–H and O–H groups in total. The van der Waals surface area contributed by atoms with E-state index in [1.54, 1.807) is 42.1 Å². The molecule has 0 atom stereocenters. The summed E-state index contributed by atoms with van der Waals surface area (Å²) in [5.74, 6) is -1.27. The van der Waals surface area contributed by atoms with E-state index in [-0.39, 0.29) is 49.1 Å². The average molecular weight is 1450 g/mol. The number of amides is 1. The van der Waals surface area contributed by atoms with Crippen molar-refractivity contribution in [2.45, 2.75) is 37.5 Å². The number of aromatic carboxylic acids is 1. The van der Waals surface area contributed by atoms with E-state index in [0.29, 0.717) is 45.5 Å². The van der Waals surface area contributed by atoms with Crippen LogP contribution in [0.5, 0.6) is 0 Å². The Bertz CT molecular complexity index is 4790. The van der Waals surface area contributed by atoms with Crippen LogP contribution in [0.4, 0.5) is 15.8 Å². The summed E-state index contributed by atoms with van der Waals surface area (Å²) >= 11 is 9.84. The summed E-state index contributed by atoms with van der Waals surface area (Å²) in [6.07, 6.45) is 2.29. The molecule has 0 fully saturated rings. The molecular weight excluding hydrogens is 1400 g/mol. The van der Waals surface area contributed by atoms with E-state index < -0.39 is 47.2 Å². The van der Waals surface area contributed by atoms with Gasteiger partial charge in [-0.15, -0.1) is 52.6 Å². The van der Waals surface area contributed by atoms with Crippen LogP contribution < -0.4 is 10.0 Å². The molecule has 0 saturated carbocycles. The zero-order valence-electron chi connectivity index (χ0n) is 47.4. The largest absolute Gasteiger partial charge is 0.478 e. The number of H-pyrrole nitrogens is 4. The molecule has 27 nitrogen and oxygen atoms in total. The van der Waals surface area contributed by atoms with Crippen LogP contribution in [0.15, 0.2) is 208 Å². The maximum atomic E-state index is 13.9. The highest BCUT2D eigenvalue weighted by Gasteiger charge is 2.22. The summed E-state index contributed by atoms with van der Waals surface area (Å²) in [5, 5.41) is 65.7. The lowest BCUT2D eigenvalue weighted by Crippen LogP contribution is -2.14. The first-order chi connectivity index (χ1) is 44.2. The van der Waals surface area contributed by atoms with Crippen LogP contribution >= 0.6 is 46.0 Å². The van der Waals surface area contributed by atoms with Crippen molar-refractivity contribution in [3.63, 3.8) is 0 Å². The van der Waals surface area contributed by atoms with Gasteiger partial charge in [0.25, 0.3) is 10.0 Å². The number of halogens is 3. The molecule has 0 saturated heterocycles. The molecule has 468 valence electrons. The second-order valence-corrected chi connectivity index (χ2v) is 27.2. The number of para-hydroxylation sites is 1. The first kappa shape index (κ1) is 66.4. The Labute approximate surface area is 545 Å². The molecule has 0 aliphatic rings. The number of hydrogen-bond donors (Lipinski definition) is 7. The number of nitrogens with zero attached hydrogens (tertiary/aromatic N) is 12. The molecule has 0 spiro atoms. The Kier molecular flexibility index (Phi) is 22.1. The van der Waals surface area contributed by atoms with E-state index in [9.17, 15) is 39.2 Å². The van der Waals surface area contributed by atoms with E-state index >= 15 is 0 Å². The van der Waals surface area contributed by atoms with Crippen molar-refractivity contribution in [3.05, 3.63) is 225 Å². The number of rotatable bonds is 18. The molecule has 4 heterocycles. The summed E-state index contributed by atoms with van der Waals surface area (Å²) in [5.41, 5.74) is 5.13. The van der Waals surface area contributed by atoms with Gasteiger partial charge in [0.05, 0.1) is 48.8 Å². The van der Waals surface area contributed by atoms with Crippen LogP contribution in [-0.4, -0.2) is 131 Å². The number of carbonyl (C=O) groups is 2. The van der Waals surface area contributed by atoms with Crippen LogP contribution in [0.2, 0.25) is 5.02 Å². The molecule has 0 aliphatic carbocycles. The Balaban J connectivity index is 0.000000145. The number of carbonyl (C=O) groups excluding carboxylic acids is 1. The molecule has 12 aromatic rings. The normalized spacial score (nSPS) is 11.2. The molecule has 12 rings (SSSR count). The van der Waals surface area contributed by atoms with E-state index in [1.807, 2.05) is 91.2 Å². The van der Waals surface area contributed by atoms with E-state index in [4.69, 9.17) is 16.7 Å². The van der Waals surface area contributed by atoms with Crippen molar-refractivity contribution >= 4 is 98.9 Å². The molecule has 4 aromatic heterocycles. The minimum Gasteiger partial charge on any atom is -0.478 e. The minimum absolute atomic E-state index is 0.0145. The highest BCUT2D eigenvalue weighted by molar-refractivity contribution is 14.1. The molecule has 0 radical (unpaired) electrons. The number of sulfone groups is 2. The summed E-state index contributed by atoms with van der Waals surface area (Å²) in [6.45, 7) is 0. The Morgan fingerprint density at radius 2 is 1.03 bits per heavy atom. The first-order valence-corrected chi connectivity index (χ1v) is 34.0. The van der Waals surface area contributed by atoms with Crippen molar-refractivity contribution in [1.82, 2.24) is 82.5 Å². The lowest BCUT2D eigenvalue weighted by molar-refractivity contribution is -0.115. The maximum absolute atomic E-state index is 13.9. The molecule has 0 bridgehead atoms.